The monoisotopic (exact) mass is 441 g/mol. The predicted molar refractivity (Wildman–Crippen MR) is 115 cm³/mol. The molecule has 0 unspecified atom stereocenters. The lowest BCUT2D eigenvalue weighted by Crippen LogP contribution is -2.17. The molecule has 3 heterocycles. The quantitative estimate of drug-likeness (QED) is 0.516. The van der Waals surface area contributed by atoms with Crippen molar-refractivity contribution in [2.75, 3.05) is 11.9 Å². The average molecular weight is 442 g/mol. The Morgan fingerprint density at radius 2 is 1.93 bits per heavy atom. The number of halogens is 1. The molecule has 0 aliphatic rings. The smallest absolute Gasteiger partial charge is 0.255 e. The number of hydrogen-bond donors (Lipinski definition) is 2. The zero-order valence-electron chi connectivity index (χ0n) is 16.1. The van der Waals surface area contributed by atoms with Crippen molar-refractivity contribution in [3.63, 3.8) is 0 Å². The number of nitrogens with one attached hydrogen (secondary N) is 2. The number of nitrogens with zero attached hydrogens (tertiary/aromatic N) is 3. The second kappa shape index (κ2) is 9.59. The molecule has 0 aliphatic carbocycles. The first-order valence-electron chi connectivity index (χ1n) is 9.36. The van der Waals surface area contributed by atoms with Crippen molar-refractivity contribution >= 4 is 21.9 Å². The van der Waals surface area contributed by atoms with Crippen LogP contribution in [0.5, 0.6) is 0 Å². The van der Waals surface area contributed by atoms with Crippen LogP contribution in [0.3, 0.4) is 0 Å². The van der Waals surface area contributed by atoms with Crippen LogP contribution in [0.1, 0.15) is 40.9 Å². The lowest BCUT2D eigenvalue weighted by molar-refractivity contribution is 0.742. The number of anilines is 1. The Hall–Kier alpha value is -2.54. The molecular formula is C21H24BrN5O. The number of unbranched alkanes of at least 4 members (excludes halogenated alkanes) is 1. The summed E-state index contributed by atoms with van der Waals surface area (Å²) in [6.07, 6.45) is 8.72. The van der Waals surface area contributed by atoms with E-state index < -0.39 is 0 Å². The van der Waals surface area contributed by atoms with Gasteiger partial charge in [0.25, 0.3) is 5.56 Å². The van der Waals surface area contributed by atoms with Gasteiger partial charge in [-0.2, -0.15) is 0 Å². The Kier molecular flexibility index (Phi) is 6.92. The molecule has 7 heteroatoms. The van der Waals surface area contributed by atoms with Gasteiger partial charge in [0.1, 0.15) is 0 Å². The summed E-state index contributed by atoms with van der Waals surface area (Å²) in [7, 11) is 0. The van der Waals surface area contributed by atoms with Crippen molar-refractivity contribution in [1.82, 2.24) is 19.9 Å². The van der Waals surface area contributed by atoms with E-state index in [1.165, 1.54) is 0 Å². The van der Waals surface area contributed by atoms with E-state index in [9.17, 15) is 4.79 Å². The van der Waals surface area contributed by atoms with Crippen LogP contribution in [0, 0.1) is 13.8 Å². The SMILES string of the molecule is Cc1cnc(CCCCNc2ncc(Cc3ccc(C)nc3)c(=O)[nH]2)c(Br)c1. The van der Waals surface area contributed by atoms with Crippen molar-refractivity contribution in [3.8, 4) is 0 Å². The zero-order valence-corrected chi connectivity index (χ0v) is 17.7. The van der Waals surface area contributed by atoms with Gasteiger partial charge >= 0.3 is 0 Å². The molecular weight excluding hydrogens is 418 g/mol. The minimum atomic E-state index is -0.120. The maximum absolute atomic E-state index is 12.3. The van der Waals surface area contributed by atoms with Crippen LogP contribution >= 0.6 is 15.9 Å². The van der Waals surface area contributed by atoms with Crippen molar-refractivity contribution in [3.05, 3.63) is 79.7 Å². The fraction of sp³-hybridized carbons (Fsp3) is 0.333. The van der Waals surface area contributed by atoms with Gasteiger partial charge in [-0.15, -0.1) is 0 Å². The second-order valence-electron chi connectivity index (χ2n) is 6.90. The molecule has 2 N–H and O–H groups in total. The van der Waals surface area contributed by atoms with Gasteiger partial charge < -0.3 is 5.32 Å². The number of pyridine rings is 2. The molecule has 0 amide bonds. The van der Waals surface area contributed by atoms with Crippen LogP contribution in [-0.4, -0.2) is 26.5 Å². The summed E-state index contributed by atoms with van der Waals surface area (Å²) < 4.78 is 1.06. The fourth-order valence-corrected chi connectivity index (χ4v) is 3.49. The molecule has 0 spiro atoms. The van der Waals surface area contributed by atoms with Gasteiger partial charge in [0.2, 0.25) is 5.95 Å². The molecule has 3 aromatic rings. The van der Waals surface area contributed by atoms with E-state index in [-0.39, 0.29) is 5.56 Å². The largest absolute Gasteiger partial charge is 0.356 e. The normalized spacial score (nSPS) is 10.8. The first-order chi connectivity index (χ1) is 13.5. The maximum Gasteiger partial charge on any atom is 0.255 e. The third-order valence-electron chi connectivity index (χ3n) is 4.43. The Balaban J connectivity index is 1.46. The molecule has 6 nitrogen and oxygen atoms in total. The van der Waals surface area contributed by atoms with Gasteiger partial charge in [-0.05, 0) is 72.3 Å². The van der Waals surface area contributed by atoms with E-state index in [0.717, 1.165) is 52.8 Å². The fourth-order valence-electron chi connectivity index (χ4n) is 2.83. The van der Waals surface area contributed by atoms with E-state index in [1.807, 2.05) is 32.2 Å². The van der Waals surface area contributed by atoms with Crippen LogP contribution in [0.4, 0.5) is 5.95 Å². The Morgan fingerprint density at radius 1 is 1.07 bits per heavy atom. The van der Waals surface area contributed by atoms with Crippen LogP contribution in [-0.2, 0) is 12.8 Å². The lowest BCUT2D eigenvalue weighted by Gasteiger charge is -2.07. The van der Waals surface area contributed by atoms with Crippen molar-refractivity contribution in [1.29, 1.82) is 0 Å². The van der Waals surface area contributed by atoms with Crippen LogP contribution in [0.15, 0.2) is 46.1 Å². The number of H-pyrrole nitrogens is 1. The summed E-state index contributed by atoms with van der Waals surface area (Å²) in [6, 6.07) is 6.01. The Bertz CT molecular complexity index is 985. The van der Waals surface area contributed by atoms with Gasteiger partial charge in [-0.25, -0.2) is 4.98 Å². The van der Waals surface area contributed by atoms with E-state index in [2.05, 4.69) is 47.2 Å². The molecule has 3 rings (SSSR count). The van der Waals surface area contributed by atoms with E-state index >= 15 is 0 Å². The summed E-state index contributed by atoms with van der Waals surface area (Å²) in [6.45, 7) is 4.71. The highest BCUT2D eigenvalue weighted by molar-refractivity contribution is 9.10. The van der Waals surface area contributed by atoms with Gasteiger partial charge in [0.15, 0.2) is 0 Å². The highest BCUT2D eigenvalue weighted by atomic mass is 79.9. The highest BCUT2D eigenvalue weighted by Gasteiger charge is 2.05. The number of aromatic nitrogens is 4. The van der Waals surface area contributed by atoms with E-state index in [0.29, 0.717) is 17.9 Å². The minimum Gasteiger partial charge on any atom is -0.356 e. The topological polar surface area (TPSA) is 83.6 Å². The molecule has 0 atom stereocenters. The predicted octanol–water partition coefficient (Wildman–Crippen LogP) is 3.96. The number of aromatic amines is 1. The molecule has 0 radical (unpaired) electrons. The lowest BCUT2D eigenvalue weighted by atomic mass is 10.1. The number of rotatable bonds is 8. The van der Waals surface area contributed by atoms with E-state index in [4.69, 9.17) is 0 Å². The van der Waals surface area contributed by atoms with Crippen molar-refractivity contribution in [2.45, 2.75) is 39.5 Å². The molecule has 0 saturated heterocycles. The highest BCUT2D eigenvalue weighted by Crippen LogP contribution is 2.17. The number of hydrogen-bond acceptors (Lipinski definition) is 5. The number of aryl methyl sites for hydroxylation is 3. The first kappa shape index (κ1) is 20.2. The summed E-state index contributed by atoms with van der Waals surface area (Å²) in [5, 5.41) is 3.18. The summed E-state index contributed by atoms with van der Waals surface area (Å²) in [5.41, 5.74) is 4.69. The van der Waals surface area contributed by atoms with Gasteiger partial charge in [-0.1, -0.05) is 6.07 Å². The standard InChI is InChI=1S/C21H24BrN5O/c1-14-9-18(22)19(25-11-14)5-3-4-8-23-21-26-13-17(20(28)27-21)10-16-7-6-15(2)24-12-16/h6-7,9,11-13H,3-5,8,10H2,1-2H3,(H2,23,26,27,28). The van der Waals surface area contributed by atoms with Crippen molar-refractivity contribution < 1.29 is 0 Å². The summed E-state index contributed by atoms with van der Waals surface area (Å²) in [4.78, 5) is 28.1. The molecule has 0 saturated carbocycles. The van der Waals surface area contributed by atoms with Gasteiger partial charge in [-0.3, -0.25) is 19.7 Å². The van der Waals surface area contributed by atoms with Crippen LogP contribution in [0.2, 0.25) is 0 Å². The van der Waals surface area contributed by atoms with Gasteiger partial charge in [0.05, 0.1) is 5.69 Å². The summed E-state index contributed by atoms with van der Waals surface area (Å²) >= 11 is 3.56. The maximum atomic E-state index is 12.3. The zero-order chi connectivity index (χ0) is 19.9. The molecule has 3 aromatic heterocycles. The van der Waals surface area contributed by atoms with Crippen molar-refractivity contribution in [2.24, 2.45) is 0 Å². The average Bonchev–Trinajstić information content (AvgIpc) is 2.67. The third-order valence-corrected chi connectivity index (χ3v) is 5.11. The molecule has 0 bridgehead atoms. The van der Waals surface area contributed by atoms with Gasteiger partial charge in [0, 0.05) is 47.3 Å². The third kappa shape index (κ3) is 5.73. The molecule has 146 valence electrons. The molecule has 0 aliphatic heterocycles. The Morgan fingerprint density at radius 3 is 2.64 bits per heavy atom. The molecule has 0 aromatic carbocycles. The minimum absolute atomic E-state index is 0.120. The van der Waals surface area contributed by atoms with Crippen LogP contribution in [0.25, 0.3) is 0 Å². The molecule has 28 heavy (non-hydrogen) atoms. The van der Waals surface area contributed by atoms with E-state index in [1.54, 1.807) is 12.4 Å². The molecule has 0 fully saturated rings. The Labute approximate surface area is 173 Å². The van der Waals surface area contributed by atoms with Crippen LogP contribution < -0.4 is 10.9 Å². The summed E-state index contributed by atoms with van der Waals surface area (Å²) in [5.74, 6) is 0.505. The second-order valence-corrected chi connectivity index (χ2v) is 7.75. The first-order valence-corrected chi connectivity index (χ1v) is 10.1.